The highest BCUT2D eigenvalue weighted by Gasteiger charge is 2.16. The number of halogens is 1. The third kappa shape index (κ3) is 4.71. The molecule has 0 amide bonds. The summed E-state index contributed by atoms with van der Waals surface area (Å²) in [6.07, 6.45) is 1.36. The van der Waals surface area contributed by atoms with E-state index in [4.69, 9.17) is 21.1 Å². The maximum absolute atomic E-state index is 11.1. The van der Waals surface area contributed by atoms with E-state index in [1.807, 2.05) is 26.0 Å². The molecule has 1 atom stereocenters. The fourth-order valence-corrected chi connectivity index (χ4v) is 2.28. The van der Waals surface area contributed by atoms with Gasteiger partial charge in [0.2, 0.25) is 0 Å². The van der Waals surface area contributed by atoms with E-state index in [1.165, 1.54) is 0 Å². The molecule has 0 aliphatic rings. The second-order valence-electron chi connectivity index (χ2n) is 4.83. The number of ketones is 1. The van der Waals surface area contributed by atoms with E-state index in [0.717, 1.165) is 17.7 Å². The van der Waals surface area contributed by atoms with E-state index in [0.29, 0.717) is 30.4 Å². The molecule has 3 nitrogen and oxygen atoms in total. The molecule has 4 heteroatoms. The first-order valence-electron chi connectivity index (χ1n) is 7.08. The van der Waals surface area contributed by atoms with Crippen LogP contribution >= 0.6 is 11.6 Å². The standard InChI is InChI=1S/C16H23ClO3/c1-5-19-15-10-16(20-6-2)14(17)9-13(15)11(3)7-8-12(4)18/h9-11H,5-8H2,1-4H3. The van der Waals surface area contributed by atoms with E-state index >= 15 is 0 Å². The van der Waals surface area contributed by atoms with Gasteiger partial charge < -0.3 is 14.3 Å². The highest BCUT2D eigenvalue weighted by atomic mass is 35.5. The third-order valence-corrected chi connectivity index (χ3v) is 3.42. The summed E-state index contributed by atoms with van der Waals surface area (Å²) < 4.78 is 11.2. The average Bonchev–Trinajstić information content (AvgIpc) is 2.40. The second-order valence-corrected chi connectivity index (χ2v) is 5.24. The summed E-state index contributed by atoms with van der Waals surface area (Å²) in [7, 11) is 0. The van der Waals surface area contributed by atoms with Crippen LogP contribution in [0.4, 0.5) is 0 Å². The van der Waals surface area contributed by atoms with Gasteiger partial charge in [-0.2, -0.15) is 0 Å². The molecule has 0 aromatic heterocycles. The highest BCUT2D eigenvalue weighted by Crippen LogP contribution is 2.38. The molecule has 112 valence electrons. The van der Waals surface area contributed by atoms with E-state index in [2.05, 4.69) is 6.92 Å². The zero-order valence-electron chi connectivity index (χ0n) is 12.7. The number of rotatable bonds is 8. The fourth-order valence-electron chi connectivity index (χ4n) is 2.06. The summed E-state index contributed by atoms with van der Waals surface area (Å²) in [5.74, 6) is 1.84. The first-order valence-corrected chi connectivity index (χ1v) is 7.45. The average molecular weight is 299 g/mol. The molecule has 0 radical (unpaired) electrons. The molecule has 1 aromatic rings. The van der Waals surface area contributed by atoms with E-state index < -0.39 is 0 Å². The zero-order chi connectivity index (χ0) is 15.1. The molecule has 0 spiro atoms. The van der Waals surface area contributed by atoms with Crippen molar-refractivity contribution in [2.45, 2.75) is 46.5 Å². The van der Waals surface area contributed by atoms with Gasteiger partial charge in [-0.15, -0.1) is 0 Å². The van der Waals surface area contributed by atoms with Gasteiger partial charge in [0.05, 0.1) is 18.2 Å². The Hall–Kier alpha value is -1.22. The van der Waals surface area contributed by atoms with Crippen molar-refractivity contribution in [1.29, 1.82) is 0 Å². The van der Waals surface area contributed by atoms with Gasteiger partial charge in [-0.3, -0.25) is 0 Å². The van der Waals surface area contributed by atoms with E-state index in [1.54, 1.807) is 6.92 Å². The molecule has 1 aromatic carbocycles. The lowest BCUT2D eigenvalue weighted by atomic mass is 9.94. The summed E-state index contributed by atoms with van der Waals surface area (Å²) in [6.45, 7) is 8.70. The summed E-state index contributed by atoms with van der Waals surface area (Å²) >= 11 is 6.24. The van der Waals surface area contributed by atoms with Gasteiger partial charge in [-0.25, -0.2) is 0 Å². The number of carbonyl (C=O) groups is 1. The predicted octanol–water partition coefficient (Wildman–Crippen LogP) is 4.61. The maximum Gasteiger partial charge on any atom is 0.141 e. The molecule has 0 heterocycles. The topological polar surface area (TPSA) is 35.5 Å². The molecular formula is C16H23ClO3. The third-order valence-electron chi connectivity index (χ3n) is 3.12. The fraction of sp³-hybridized carbons (Fsp3) is 0.562. The first kappa shape index (κ1) is 16.8. The SMILES string of the molecule is CCOc1cc(OCC)c(C(C)CCC(C)=O)cc1Cl. The van der Waals surface area contributed by atoms with Crippen molar-refractivity contribution in [2.75, 3.05) is 13.2 Å². The lowest BCUT2D eigenvalue weighted by Crippen LogP contribution is -2.04. The van der Waals surface area contributed by atoms with Crippen molar-refractivity contribution in [3.05, 3.63) is 22.7 Å². The lowest BCUT2D eigenvalue weighted by molar-refractivity contribution is -0.117. The Balaban J connectivity index is 3.03. The molecule has 0 aliphatic heterocycles. The minimum Gasteiger partial charge on any atom is -0.493 e. The van der Waals surface area contributed by atoms with Crippen LogP contribution in [-0.4, -0.2) is 19.0 Å². The van der Waals surface area contributed by atoms with Crippen molar-refractivity contribution in [3.8, 4) is 11.5 Å². The Morgan fingerprint density at radius 2 is 1.80 bits per heavy atom. The van der Waals surface area contributed by atoms with Crippen molar-refractivity contribution >= 4 is 17.4 Å². The predicted molar refractivity (Wildman–Crippen MR) is 82.1 cm³/mol. The van der Waals surface area contributed by atoms with Gasteiger partial charge in [0.1, 0.15) is 17.3 Å². The Kier molecular flexibility index (Phi) is 6.86. The smallest absolute Gasteiger partial charge is 0.141 e. The quantitative estimate of drug-likeness (QED) is 0.703. The van der Waals surface area contributed by atoms with Crippen molar-refractivity contribution in [1.82, 2.24) is 0 Å². The van der Waals surface area contributed by atoms with Crippen LogP contribution in [-0.2, 0) is 4.79 Å². The van der Waals surface area contributed by atoms with Crippen molar-refractivity contribution in [3.63, 3.8) is 0 Å². The van der Waals surface area contributed by atoms with Gasteiger partial charge in [-0.1, -0.05) is 18.5 Å². The lowest BCUT2D eigenvalue weighted by Gasteiger charge is -2.18. The number of benzene rings is 1. The molecule has 0 fully saturated rings. The van der Waals surface area contributed by atoms with Crippen LogP contribution in [0, 0.1) is 0 Å². The maximum atomic E-state index is 11.1. The molecule has 0 saturated carbocycles. The van der Waals surface area contributed by atoms with Crippen LogP contribution in [0.2, 0.25) is 5.02 Å². The van der Waals surface area contributed by atoms with Crippen LogP contribution in [0.15, 0.2) is 12.1 Å². The second kappa shape index (κ2) is 8.15. The minimum atomic E-state index is 0.201. The Morgan fingerprint density at radius 1 is 1.20 bits per heavy atom. The molecule has 1 unspecified atom stereocenters. The van der Waals surface area contributed by atoms with Gasteiger partial charge in [0.15, 0.2) is 0 Å². The Bertz CT molecular complexity index is 457. The van der Waals surface area contributed by atoms with Crippen LogP contribution in [0.25, 0.3) is 0 Å². The van der Waals surface area contributed by atoms with Gasteiger partial charge in [0, 0.05) is 12.5 Å². The summed E-state index contributed by atoms with van der Waals surface area (Å²) in [5, 5.41) is 0.583. The number of hydrogen-bond donors (Lipinski definition) is 0. The summed E-state index contributed by atoms with van der Waals surface area (Å²) in [4.78, 5) is 11.1. The first-order chi connectivity index (χ1) is 9.49. The van der Waals surface area contributed by atoms with E-state index in [-0.39, 0.29) is 11.7 Å². The van der Waals surface area contributed by atoms with Crippen molar-refractivity contribution in [2.24, 2.45) is 0 Å². The number of carbonyl (C=O) groups excluding carboxylic acids is 1. The van der Waals surface area contributed by atoms with Crippen molar-refractivity contribution < 1.29 is 14.3 Å². The summed E-state index contributed by atoms with van der Waals surface area (Å²) in [6, 6.07) is 3.73. The van der Waals surface area contributed by atoms with Crippen LogP contribution in [0.5, 0.6) is 11.5 Å². The minimum absolute atomic E-state index is 0.201. The number of ether oxygens (including phenoxy) is 2. The van der Waals surface area contributed by atoms with Gasteiger partial charge >= 0.3 is 0 Å². The molecule has 0 saturated heterocycles. The molecule has 20 heavy (non-hydrogen) atoms. The van der Waals surface area contributed by atoms with Gasteiger partial charge in [0.25, 0.3) is 0 Å². The zero-order valence-corrected chi connectivity index (χ0v) is 13.4. The molecular weight excluding hydrogens is 276 g/mol. The highest BCUT2D eigenvalue weighted by molar-refractivity contribution is 6.32. The Labute approximate surface area is 126 Å². The molecule has 0 N–H and O–H groups in total. The van der Waals surface area contributed by atoms with E-state index in [9.17, 15) is 4.79 Å². The molecule has 0 bridgehead atoms. The summed E-state index contributed by atoms with van der Waals surface area (Å²) in [5.41, 5.74) is 1.03. The van der Waals surface area contributed by atoms with Crippen LogP contribution < -0.4 is 9.47 Å². The number of hydrogen-bond acceptors (Lipinski definition) is 3. The van der Waals surface area contributed by atoms with Gasteiger partial charge in [-0.05, 0) is 44.7 Å². The molecule has 1 rings (SSSR count). The normalized spacial score (nSPS) is 12.1. The monoisotopic (exact) mass is 298 g/mol. The largest absolute Gasteiger partial charge is 0.493 e. The number of Topliss-reactive ketones (excluding diaryl/α,β-unsaturated/α-hetero) is 1. The van der Waals surface area contributed by atoms with Crippen LogP contribution in [0.1, 0.15) is 52.0 Å². The molecule has 0 aliphatic carbocycles. The Morgan fingerprint density at radius 3 is 2.35 bits per heavy atom. The van der Waals surface area contributed by atoms with Crippen LogP contribution in [0.3, 0.4) is 0 Å².